The van der Waals surface area contributed by atoms with Crippen LogP contribution in [0.2, 0.25) is 5.02 Å². The van der Waals surface area contributed by atoms with Gasteiger partial charge in [-0.15, -0.1) is 0 Å². The molecule has 0 radical (unpaired) electrons. The number of hydrogen-bond acceptors (Lipinski definition) is 5. The number of anilines is 1. The maximum atomic E-state index is 6.74. The smallest absolute Gasteiger partial charge is 0.202 e. The maximum absolute atomic E-state index is 6.74. The Bertz CT molecular complexity index is 1290. The summed E-state index contributed by atoms with van der Waals surface area (Å²) in [5.74, 6) is 0.965. The molecule has 3 aromatic heterocycles. The first-order valence-corrected chi connectivity index (χ1v) is 11.5. The molecule has 2 aliphatic rings. The fourth-order valence-corrected chi connectivity index (χ4v) is 5.89. The van der Waals surface area contributed by atoms with Gasteiger partial charge in [-0.05, 0) is 50.2 Å². The van der Waals surface area contributed by atoms with Crippen molar-refractivity contribution in [3.8, 4) is 11.3 Å². The van der Waals surface area contributed by atoms with Crippen LogP contribution in [-0.2, 0) is 7.05 Å². The van der Waals surface area contributed by atoms with E-state index in [0.29, 0.717) is 16.1 Å². The van der Waals surface area contributed by atoms with Crippen LogP contribution in [0.25, 0.3) is 33.3 Å². The number of nitrogens with zero attached hydrogens (tertiary/aromatic N) is 6. The lowest BCUT2D eigenvalue weighted by Gasteiger charge is -2.40. The molecule has 2 fully saturated rings. The van der Waals surface area contributed by atoms with Gasteiger partial charge < -0.3 is 4.90 Å². The molecule has 1 aliphatic carbocycles. The van der Waals surface area contributed by atoms with Crippen LogP contribution in [0.1, 0.15) is 44.2 Å². The maximum Gasteiger partial charge on any atom is 0.202 e. The second kappa shape index (κ2) is 6.92. The van der Waals surface area contributed by atoms with E-state index < -0.39 is 0 Å². The summed E-state index contributed by atoms with van der Waals surface area (Å²) in [6.45, 7) is 4.16. The van der Waals surface area contributed by atoms with Crippen molar-refractivity contribution in [3.05, 3.63) is 29.0 Å². The van der Waals surface area contributed by atoms with Gasteiger partial charge in [0.05, 0.1) is 21.9 Å². The number of piperidine rings is 1. The minimum absolute atomic E-state index is 0.586. The zero-order chi connectivity index (χ0) is 21.2. The Labute approximate surface area is 185 Å². The molecular weight excluding hydrogens is 410 g/mol. The van der Waals surface area contributed by atoms with Crippen LogP contribution < -0.4 is 4.90 Å². The molecule has 7 nitrogen and oxygen atoms in total. The lowest BCUT2D eigenvalue weighted by Crippen LogP contribution is -2.39. The van der Waals surface area contributed by atoms with Gasteiger partial charge in [0.1, 0.15) is 5.52 Å². The number of aryl methyl sites for hydroxylation is 2. The quantitative estimate of drug-likeness (QED) is 0.478. The van der Waals surface area contributed by atoms with Crippen LogP contribution in [0.4, 0.5) is 5.82 Å². The van der Waals surface area contributed by atoms with Crippen LogP contribution in [0, 0.1) is 12.3 Å². The Morgan fingerprint density at radius 3 is 2.61 bits per heavy atom. The molecule has 1 spiro atoms. The number of benzene rings is 1. The zero-order valence-electron chi connectivity index (χ0n) is 18.0. The van der Waals surface area contributed by atoms with E-state index in [9.17, 15) is 0 Å². The molecule has 1 N–H and O–H groups in total. The zero-order valence-corrected chi connectivity index (χ0v) is 18.7. The van der Waals surface area contributed by atoms with Gasteiger partial charge in [0, 0.05) is 37.3 Å². The minimum Gasteiger partial charge on any atom is -0.355 e. The van der Waals surface area contributed by atoms with Crippen molar-refractivity contribution >= 4 is 39.5 Å². The molecule has 31 heavy (non-hydrogen) atoms. The standard InChI is InChI=1S/C23H26ClN7/c1-14-22(31-11-9-23(10-12-31)7-3-4-8-23)26-21-20(25-14)19(27-28-21)15-5-6-17-16(18(15)24)13-30(2)29-17/h5-6,13H,3-4,7-12H2,1-2H3,(H,26,27,28). The molecule has 8 heteroatoms. The van der Waals surface area contributed by atoms with Crippen molar-refractivity contribution in [2.45, 2.75) is 45.4 Å². The van der Waals surface area contributed by atoms with E-state index >= 15 is 0 Å². The lowest BCUT2D eigenvalue weighted by atomic mass is 9.77. The summed E-state index contributed by atoms with van der Waals surface area (Å²) in [7, 11) is 1.90. The molecule has 0 amide bonds. The number of aromatic amines is 1. The number of halogens is 1. The predicted octanol–water partition coefficient (Wildman–Crippen LogP) is 5.03. The molecule has 4 heterocycles. The molecule has 6 rings (SSSR count). The first-order valence-electron chi connectivity index (χ1n) is 11.1. The highest BCUT2D eigenvalue weighted by Gasteiger charge is 2.37. The topological polar surface area (TPSA) is 75.5 Å². The summed E-state index contributed by atoms with van der Waals surface area (Å²) in [6.07, 6.45) is 10.0. The highest BCUT2D eigenvalue weighted by molar-refractivity contribution is 6.38. The van der Waals surface area contributed by atoms with E-state index in [2.05, 4.69) is 20.2 Å². The predicted molar refractivity (Wildman–Crippen MR) is 123 cm³/mol. The second-order valence-corrected chi connectivity index (χ2v) is 9.64. The van der Waals surface area contributed by atoms with Crippen LogP contribution in [0.15, 0.2) is 18.3 Å². The molecule has 1 saturated heterocycles. The highest BCUT2D eigenvalue weighted by atomic mass is 35.5. The van der Waals surface area contributed by atoms with Crippen LogP contribution in [-0.4, -0.2) is 43.0 Å². The lowest BCUT2D eigenvalue weighted by molar-refractivity contribution is 0.226. The van der Waals surface area contributed by atoms with Gasteiger partial charge in [-0.3, -0.25) is 9.78 Å². The van der Waals surface area contributed by atoms with Gasteiger partial charge in [-0.2, -0.15) is 10.2 Å². The van der Waals surface area contributed by atoms with Crippen molar-refractivity contribution in [1.82, 2.24) is 29.9 Å². The molecule has 1 aromatic carbocycles. The Morgan fingerprint density at radius 2 is 1.84 bits per heavy atom. The number of aromatic nitrogens is 6. The van der Waals surface area contributed by atoms with Crippen molar-refractivity contribution in [2.24, 2.45) is 12.5 Å². The number of hydrogen-bond donors (Lipinski definition) is 1. The van der Waals surface area contributed by atoms with E-state index in [4.69, 9.17) is 21.6 Å². The van der Waals surface area contributed by atoms with Crippen molar-refractivity contribution in [1.29, 1.82) is 0 Å². The first kappa shape index (κ1) is 19.0. The monoisotopic (exact) mass is 435 g/mol. The molecule has 1 aliphatic heterocycles. The fraction of sp³-hybridized carbons (Fsp3) is 0.478. The summed E-state index contributed by atoms with van der Waals surface area (Å²) in [5, 5.41) is 13.6. The second-order valence-electron chi connectivity index (χ2n) is 9.26. The van der Waals surface area contributed by atoms with E-state index in [1.807, 2.05) is 32.3 Å². The molecule has 160 valence electrons. The Balaban J connectivity index is 1.36. The molecule has 0 unspecified atom stereocenters. The fourth-order valence-electron chi connectivity index (χ4n) is 5.59. The summed E-state index contributed by atoms with van der Waals surface area (Å²) in [4.78, 5) is 12.2. The normalized spacial score (nSPS) is 18.6. The first-order chi connectivity index (χ1) is 15.0. The van der Waals surface area contributed by atoms with Gasteiger partial charge in [-0.25, -0.2) is 9.97 Å². The average molecular weight is 436 g/mol. The summed E-state index contributed by atoms with van der Waals surface area (Å²) in [6, 6.07) is 3.95. The van der Waals surface area contributed by atoms with Crippen molar-refractivity contribution in [3.63, 3.8) is 0 Å². The Kier molecular flexibility index (Phi) is 4.25. The summed E-state index contributed by atoms with van der Waals surface area (Å²) >= 11 is 6.74. The third-order valence-corrected chi connectivity index (χ3v) is 7.74. The Hall–Kier alpha value is -2.67. The van der Waals surface area contributed by atoms with Gasteiger partial charge >= 0.3 is 0 Å². The molecule has 0 atom stereocenters. The van der Waals surface area contributed by atoms with Gasteiger partial charge in [0.2, 0.25) is 5.65 Å². The van der Waals surface area contributed by atoms with Crippen LogP contribution >= 0.6 is 11.6 Å². The Morgan fingerprint density at radius 1 is 1.06 bits per heavy atom. The van der Waals surface area contributed by atoms with E-state index in [0.717, 1.165) is 52.3 Å². The van der Waals surface area contributed by atoms with Crippen LogP contribution in [0.5, 0.6) is 0 Å². The van der Waals surface area contributed by atoms with Crippen molar-refractivity contribution < 1.29 is 0 Å². The molecular formula is C23H26ClN7. The minimum atomic E-state index is 0.586. The molecule has 0 bridgehead atoms. The molecule has 1 saturated carbocycles. The van der Waals surface area contributed by atoms with E-state index in [1.165, 1.54) is 38.5 Å². The number of rotatable bonds is 2. The van der Waals surface area contributed by atoms with Gasteiger partial charge in [-0.1, -0.05) is 24.4 Å². The van der Waals surface area contributed by atoms with Crippen molar-refractivity contribution in [2.75, 3.05) is 18.0 Å². The number of fused-ring (bicyclic) bond motifs is 2. The third-order valence-electron chi connectivity index (χ3n) is 7.33. The summed E-state index contributed by atoms with van der Waals surface area (Å²) in [5.41, 5.74) is 5.47. The van der Waals surface area contributed by atoms with Gasteiger partial charge in [0.25, 0.3) is 0 Å². The highest BCUT2D eigenvalue weighted by Crippen LogP contribution is 2.46. The van der Waals surface area contributed by atoms with E-state index in [-0.39, 0.29) is 0 Å². The SMILES string of the molecule is Cc1nc2c(-c3ccc4nn(C)cc4c3Cl)[nH]nc2nc1N1CCC2(CCCC2)CC1. The van der Waals surface area contributed by atoms with Gasteiger partial charge in [0.15, 0.2) is 5.82 Å². The number of nitrogens with one attached hydrogen (secondary N) is 1. The van der Waals surface area contributed by atoms with E-state index in [1.54, 1.807) is 4.68 Å². The largest absolute Gasteiger partial charge is 0.355 e. The van der Waals surface area contributed by atoms with Crippen LogP contribution in [0.3, 0.4) is 0 Å². The third kappa shape index (κ3) is 3.01. The average Bonchev–Trinajstić information content (AvgIpc) is 3.48. The summed E-state index contributed by atoms with van der Waals surface area (Å²) < 4.78 is 1.77. The molecule has 4 aromatic rings. The number of H-pyrrole nitrogens is 1.